The van der Waals surface area contributed by atoms with Crippen LogP contribution in [-0.4, -0.2) is 26.9 Å². The molecule has 1 unspecified atom stereocenters. The Hall–Kier alpha value is -3.51. The molecule has 4 rings (SSSR count). The molecule has 7 heteroatoms. The molecular weight excluding hydrogens is 453 g/mol. The van der Waals surface area contributed by atoms with E-state index in [0.29, 0.717) is 39.5 Å². The van der Waals surface area contributed by atoms with E-state index in [0.717, 1.165) is 12.8 Å². The van der Waals surface area contributed by atoms with Crippen molar-refractivity contribution in [2.45, 2.75) is 32.7 Å². The lowest BCUT2D eigenvalue weighted by Gasteiger charge is -2.30. The van der Waals surface area contributed by atoms with Gasteiger partial charge in [-0.1, -0.05) is 37.1 Å². The van der Waals surface area contributed by atoms with Crippen LogP contribution in [0.4, 0.5) is 4.39 Å². The van der Waals surface area contributed by atoms with Crippen molar-refractivity contribution in [1.82, 2.24) is 14.5 Å². The fraction of sp³-hybridized carbons (Fsp3) is 0.222. The maximum absolute atomic E-state index is 13.6. The van der Waals surface area contributed by atoms with E-state index in [1.54, 1.807) is 51.9 Å². The van der Waals surface area contributed by atoms with Crippen molar-refractivity contribution in [2.75, 3.05) is 6.54 Å². The van der Waals surface area contributed by atoms with Crippen molar-refractivity contribution in [3.63, 3.8) is 0 Å². The zero-order valence-corrected chi connectivity index (χ0v) is 19.8. The molecule has 1 amide bonds. The van der Waals surface area contributed by atoms with E-state index >= 15 is 0 Å². The number of para-hydroxylation sites is 1. The van der Waals surface area contributed by atoms with Gasteiger partial charge in [0.1, 0.15) is 11.6 Å². The first kappa shape index (κ1) is 23.6. The summed E-state index contributed by atoms with van der Waals surface area (Å²) in [6, 6.07) is 19.1. The lowest BCUT2D eigenvalue weighted by atomic mass is 10.1. The summed E-state index contributed by atoms with van der Waals surface area (Å²) >= 11 is 6.08. The van der Waals surface area contributed by atoms with Crippen LogP contribution < -0.4 is 5.56 Å². The number of fused-ring (bicyclic) bond motifs is 1. The average Bonchev–Trinajstić information content (AvgIpc) is 2.85. The van der Waals surface area contributed by atoms with Gasteiger partial charge < -0.3 is 4.90 Å². The highest BCUT2D eigenvalue weighted by Crippen LogP contribution is 2.25. The maximum atomic E-state index is 13.6. The number of aromatic nitrogens is 2. The summed E-state index contributed by atoms with van der Waals surface area (Å²) < 4.78 is 15.0. The van der Waals surface area contributed by atoms with Crippen LogP contribution in [0.25, 0.3) is 16.6 Å². The Kier molecular flexibility index (Phi) is 7.08. The summed E-state index contributed by atoms with van der Waals surface area (Å²) in [5.74, 6) is -0.207. The predicted molar refractivity (Wildman–Crippen MR) is 133 cm³/mol. The maximum Gasteiger partial charge on any atom is 0.266 e. The fourth-order valence-electron chi connectivity index (χ4n) is 3.97. The quantitative estimate of drug-likeness (QED) is 0.319. The number of benzene rings is 3. The molecule has 1 heterocycles. The molecule has 4 aromatic rings. The molecule has 1 atom stereocenters. The number of carbonyl (C=O) groups excluding carboxylic acids is 1. The Morgan fingerprint density at radius 1 is 1.06 bits per heavy atom. The molecule has 34 heavy (non-hydrogen) atoms. The Morgan fingerprint density at radius 2 is 1.74 bits per heavy atom. The monoisotopic (exact) mass is 477 g/mol. The zero-order valence-electron chi connectivity index (χ0n) is 19.0. The van der Waals surface area contributed by atoms with E-state index in [1.165, 1.54) is 24.3 Å². The third-order valence-electron chi connectivity index (χ3n) is 5.83. The van der Waals surface area contributed by atoms with Gasteiger partial charge in [0.15, 0.2) is 0 Å². The Labute approximate surface area is 202 Å². The lowest BCUT2D eigenvalue weighted by Crippen LogP contribution is -2.38. The molecule has 174 valence electrons. The number of nitrogens with zero attached hydrogens (tertiary/aromatic N) is 3. The first-order chi connectivity index (χ1) is 16.4. The third-order valence-corrected chi connectivity index (χ3v) is 6.08. The van der Waals surface area contributed by atoms with E-state index in [-0.39, 0.29) is 11.5 Å². The largest absolute Gasteiger partial charge is 0.329 e. The second-order valence-corrected chi connectivity index (χ2v) is 8.58. The molecule has 0 radical (unpaired) electrons. The van der Waals surface area contributed by atoms with Crippen LogP contribution in [0.3, 0.4) is 0 Å². The van der Waals surface area contributed by atoms with Gasteiger partial charge in [-0.05, 0) is 74.0 Å². The molecule has 0 saturated heterocycles. The molecule has 0 aliphatic carbocycles. The first-order valence-corrected chi connectivity index (χ1v) is 11.6. The molecule has 0 fully saturated rings. The van der Waals surface area contributed by atoms with Crippen LogP contribution in [0.15, 0.2) is 77.6 Å². The van der Waals surface area contributed by atoms with Crippen LogP contribution in [0.5, 0.6) is 0 Å². The van der Waals surface area contributed by atoms with Gasteiger partial charge >= 0.3 is 0 Å². The highest BCUT2D eigenvalue weighted by atomic mass is 35.5. The second kappa shape index (κ2) is 10.2. The highest BCUT2D eigenvalue weighted by molar-refractivity contribution is 6.30. The van der Waals surface area contributed by atoms with E-state index in [1.807, 2.05) is 19.9 Å². The van der Waals surface area contributed by atoms with E-state index in [2.05, 4.69) is 0 Å². The number of unbranched alkanes of at least 4 members (excludes halogenated alkanes) is 1. The minimum Gasteiger partial charge on any atom is -0.329 e. The van der Waals surface area contributed by atoms with Crippen molar-refractivity contribution >= 4 is 28.4 Å². The topological polar surface area (TPSA) is 55.2 Å². The number of halogens is 2. The van der Waals surface area contributed by atoms with Gasteiger partial charge in [0, 0.05) is 17.1 Å². The van der Waals surface area contributed by atoms with Crippen LogP contribution >= 0.6 is 11.6 Å². The number of hydrogen-bond donors (Lipinski definition) is 0. The van der Waals surface area contributed by atoms with E-state index in [4.69, 9.17) is 16.6 Å². The Bertz CT molecular complexity index is 1370. The summed E-state index contributed by atoms with van der Waals surface area (Å²) in [5.41, 5.74) is 1.33. The highest BCUT2D eigenvalue weighted by Gasteiger charge is 2.27. The Morgan fingerprint density at radius 3 is 2.41 bits per heavy atom. The van der Waals surface area contributed by atoms with Gasteiger partial charge in [0.2, 0.25) is 0 Å². The Balaban J connectivity index is 1.88. The van der Waals surface area contributed by atoms with Gasteiger partial charge in [-0.2, -0.15) is 0 Å². The zero-order chi connectivity index (χ0) is 24.2. The van der Waals surface area contributed by atoms with Crippen molar-refractivity contribution < 1.29 is 9.18 Å². The summed E-state index contributed by atoms with van der Waals surface area (Å²) in [7, 11) is 0. The molecule has 0 aliphatic rings. The van der Waals surface area contributed by atoms with Crippen LogP contribution in [0, 0.1) is 5.82 Å². The van der Waals surface area contributed by atoms with Gasteiger partial charge in [0.05, 0.1) is 22.6 Å². The third kappa shape index (κ3) is 4.73. The SMILES string of the molecule is CCCCN(C(=O)c1ccc(F)cc1)C(C)c1nc2ccccc2c(=O)n1-c1ccc(Cl)cc1. The predicted octanol–water partition coefficient (Wildman–Crippen LogP) is 6.18. The molecule has 1 aromatic heterocycles. The molecular formula is C27H25ClFN3O2. The fourth-order valence-corrected chi connectivity index (χ4v) is 4.09. The number of hydrogen-bond acceptors (Lipinski definition) is 3. The van der Waals surface area contributed by atoms with Gasteiger partial charge in [-0.15, -0.1) is 0 Å². The van der Waals surface area contributed by atoms with Crippen LogP contribution in [0.2, 0.25) is 5.02 Å². The van der Waals surface area contributed by atoms with E-state index < -0.39 is 11.9 Å². The van der Waals surface area contributed by atoms with Gasteiger partial charge in [-0.3, -0.25) is 14.2 Å². The first-order valence-electron chi connectivity index (χ1n) is 11.2. The summed E-state index contributed by atoms with van der Waals surface area (Å²) in [6.45, 7) is 4.38. The number of carbonyl (C=O) groups is 1. The van der Waals surface area contributed by atoms with E-state index in [9.17, 15) is 14.0 Å². The molecule has 0 N–H and O–H groups in total. The van der Waals surface area contributed by atoms with Crippen molar-refractivity contribution in [1.29, 1.82) is 0 Å². The van der Waals surface area contributed by atoms with Crippen LogP contribution in [-0.2, 0) is 0 Å². The van der Waals surface area contributed by atoms with Gasteiger partial charge in [-0.25, -0.2) is 9.37 Å². The summed E-state index contributed by atoms with van der Waals surface area (Å²) in [4.78, 5) is 33.6. The second-order valence-electron chi connectivity index (χ2n) is 8.14. The summed E-state index contributed by atoms with van der Waals surface area (Å²) in [5, 5.41) is 1.04. The van der Waals surface area contributed by atoms with Crippen molar-refractivity contribution in [3.8, 4) is 5.69 Å². The molecule has 0 saturated carbocycles. The molecule has 0 spiro atoms. The molecule has 0 aliphatic heterocycles. The minimum absolute atomic E-state index is 0.223. The van der Waals surface area contributed by atoms with Gasteiger partial charge in [0.25, 0.3) is 11.5 Å². The van der Waals surface area contributed by atoms with Crippen LogP contribution in [0.1, 0.15) is 48.9 Å². The normalized spacial score (nSPS) is 12.0. The minimum atomic E-state index is -0.530. The van der Waals surface area contributed by atoms with Crippen molar-refractivity contribution in [2.24, 2.45) is 0 Å². The number of rotatable bonds is 7. The smallest absolute Gasteiger partial charge is 0.266 e. The summed E-state index contributed by atoms with van der Waals surface area (Å²) in [6.07, 6.45) is 1.66. The molecule has 0 bridgehead atoms. The standard InChI is InChI=1S/C27H25ClFN3O2/c1-3-4-17-31(26(33)19-9-13-21(29)14-10-19)18(2)25-30-24-8-6-5-7-23(24)27(34)32(25)22-15-11-20(28)12-16-22/h5-16,18H,3-4,17H2,1-2H3. The molecule has 5 nitrogen and oxygen atoms in total. The average molecular weight is 478 g/mol. The lowest BCUT2D eigenvalue weighted by molar-refractivity contribution is 0.0678. The number of amides is 1. The molecule has 3 aromatic carbocycles. The van der Waals surface area contributed by atoms with Crippen molar-refractivity contribution in [3.05, 3.63) is 105 Å².